The quantitative estimate of drug-likeness (QED) is 0.159. The maximum absolute atomic E-state index is 11.0. The molecule has 0 heterocycles. The van der Waals surface area contributed by atoms with Crippen LogP contribution < -0.4 is 5.73 Å². The van der Waals surface area contributed by atoms with E-state index in [1.165, 1.54) is 135 Å². The molecule has 2 nitrogen and oxygen atoms in total. The first-order chi connectivity index (χ1) is 14.2. The Labute approximate surface area is 184 Å². The van der Waals surface area contributed by atoms with E-state index in [2.05, 4.69) is 6.92 Å². The lowest BCUT2D eigenvalue weighted by molar-refractivity contribution is -0.121. The van der Waals surface area contributed by atoms with Crippen molar-refractivity contribution in [2.24, 2.45) is 11.7 Å². The van der Waals surface area contributed by atoms with Crippen molar-refractivity contribution in [1.82, 2.24) is 0 Å². The Kier molecular flexibility index (Phi) is 23.3. The van der Waals surface area contributed by atoms with Crippen molar-refractivity contribution in [1.29, 1.82) is 0 Å². The van der Waals surface area contributed by atoms with Crippen LogP contribution >= 0.6 is 0 Å². The number of hydrogen-bond acceptors (Lipinski definition) is 1. The van der Waals surface area contributed by atoms with Crippen molar-refractivity contribution in [3.8, 4) is 0 Å². The summed E-state index contributed by atoms with van der Waals surface area (Å²) < 4.78 is 0. The molecule has 1 atom stereocenters. The number of unbranched alkanes of at least 4 members (excludes halogenated alkanes) is 21. The molecule has 2 heteroatoms. The largest absolute Gasteiger partial charge is 0.369 e. The molecule has 0 fully saturated rings. The van der Waals surface area contributed by atoms with E-state index in [-0.39, 0.29) is 11.8 Å². The predicted molar refractivity (Wildman–Crippen MR) is 130 cm³/mol. The highest BCUT2D eigenvalue weighted by atomic mass is 16.1. The normalized spacial score (nSPS) is 12.3. The third-order valence-corrected chi connectivity index (χ3v) is 6.48. The fraction of sp³-hybridized carbons (Fsp3) is 0.963. The molecule has 174 valence electrons. The highest BCUT2D eigenvalue weighted by molar-refractivity contribution is 5.76. The van der Waals surface area contributed by atoms with E-state index in [9.17, 15) is 4.79 Å². The smallest absolute Gasteiger partial charge is 0.220 e. The van der Waals surface area contributed by atoms with Gasteiger partial charge in [0.15, 0.2) is 0 Å². The molecule has 0 unspecified atom stereocenters. The Balaban J connectivity index is 3.04. The summed E-state index contributed by atoms with van der Waals surface area (Å²) in [6, 6.07) is 0. The Bertz CT molecular complexity index is 328. The molecule has 0 aliphatic carbocycles. The molecule has 0 aliphatic rings. The van der Waals surface area contributed by atoms with Gasteiger partial charge in [-0.15, -0.1) is 0 Å². The maximum Gasteiger partial charge on any atom is 0.220 e. The first-order valence-corrected chi connectivity index (χ1v) is 13.5. The standard InChI is InChI=1S/C27H55NO/c1-3-4-5-6-7-8-9-10-11-12-13-14-15-16-17-18-19-20-21-22-23-24-25-26(2)27(28)29/h26H,3-25H2,1-2H3,(H2,28,29)/t26-/m1/s1. The fourth-order valence-corrected chi connectivity index (χ4v) is 4.20. The molecule has 0 aromatic heterocycles. The Morgan fingerprint density at radius 1 is 0.517 bits per heavy atom. The zero-order valence-corrected chi connectivity index (χ0v) is 20.3. The van der Waals surface area contributed by atoms with Gasteiger partial charge in [0.1, 0.15) is 0 Å². The summed E-state index contributed by atoms with van der Waals surface area (Å²) in [6.45, 7) is 4.24. The Morgan fingerprint density at radius 2 is 0.759 bits per heavy atom. The van der Waals surface area contributed by atoms with Gasteiger partial charge in [0, 0.05) is 5.92 Å². The monoisotopic (exact) mass is 409 g/mol. The summed E-state index contributed by atoms with van der Waals surface area (Å²) in [5.74, 6) is -0.0893. The molecule has 0 rings (SSSR count). The Hall–Kier alpha value is -0.530. The third-order valence-electron chi connectivity index (χ3n) is 6.48. The van der Waals surface area contributed by atoms with Crippen LogP contribution in [-0.4, -0.2) is 5.91 Å². The van der Waals surface area contributed by atoms with E-state index >= 15 is 0 Å². The molecule has 0 bridgehead atoms. The number of hydrogen-bond donors (Lipinski definition) is 1. The number of amides is 1. The van der Waals surface area contributed by atoms with E-state index < -0.39 is 0 Å². The van der Waals surface area contributed by atoms with Crippen molar-refractivity contribution >= 4 is 5.91 Å². The molecule has 0 spiro atoms. The van der Waals surface area contributed by atoms with Gasteiger partial charge < -0.3 is 5.73 Å². The molecule has 0 aromatic rings. The highest BCUT2D eigenvalue weighted by Gasteiger charge is 2.07. The molecule has 0 saturated carbocycles. The number of carbonyl (C=O) groups excluding carboxylic acids is 1. The van der Waals surface area contributed by atoms with Crippen LogP contribution in [0.3, 0.4) is 0 Å². The van der Waals surface area contributed by atoms with Crippen LogP contribution in [0.15, 0.2) is 0 Å². The highest BCUT2D eigenvalue weighted by Crippen LogP contribution is 2.16. The van der Waals surface area contributed by atoms with Gasteiger partial charge >= 0.3 is 0 Å². The molecule has 0 saturated heterocycles. The van der Waals surface area contributed by atoms with Crippen molar-refractivity contribution in [3.05, 3.63) is 0 Å². The van der Waals surface area contributed by atoms with Gasteiger partial charge in [-0.3, -0.25) is 4.79 Å². The van der Waals surface area contributed by atoms with E-state index in [0.717, 1.165) is 12.8 Å². The number of primary amides is 1. The molecule has 1 amide bonds. The predicted octanol–water partition coefficient (Wildman–Crippen LogP) is 9.10. The van der Waals surface area contributed by atoms with Gasteiger partial charge in [0.25, 0.3) is 0 Å². The fourth-order valence-electron chi connectivity index (χ4n) is 4.20. The van der Waals surface area contributed by atoms with Gasteiger partial charge in [0.05, 0.1) is 0 Å². The van der Waals surface area contributed by atoms with Gasteiger partial charge in [-0.05, 0) is 6.42 Å². The number of nitrogens with two attached hydrogens (primary N) is 1. The van der Waals surface area contributed by atoms with Crippen molar-refractivity contribution in [2.45, 2.75) is 162 Å². The lowest BCUT2D eigenvalue weighted by Crippen LogP contribution is -2.20. The molecule has 2 N–H and O–H groups in total. The van der Waals surface area contributed by atoms with Crippen molar-refractivity contribution in [3.63, 3.8) is 0 Å². The van der Waals surface area contributed by atoms with Gasteiger partial charge in [-0.1, -0.05) is 155 Å². The third kappa shape index (κ3) is 23.6. The topological polar surface area (TPSA) is 43.1 Å². The molecule has 0 aliphatic heterocycles. The Morgan fingerprint density at radius 3 is 1.00 bits per heavy atom. The van der Waals surface area contributed by atoms with Crippen LogP contribution in [0.4, 0.5) is 0 Å². The zero-order chi connectivity index (χ0) is 21.4. The molecular weight excluding hydrogens is 354 g/mol. The van der Waals surface area contributed by atoms with Gasteiger partial charge in [-0.25, -0.2) is 0 Å². The summed E-state index contributed by atoms with van der Waals surface area (Å²) in [5, 5.41) is 0. The summed E-state index contributed by atoms with van der Waals surface area (Å²) >= 11 is 0. The van der Waals surface area contributed by atoms with Crippen LogP contribution in [0.5, 0.6) is 0 Å². The van der Waals surface area contributed by atoms with E-state index in [4.69, 9.17) is 5.73 Å². The van der Waals surface area contributed by atoms with E-state index in [1.807, 2.05) is 6.92 Å². The average Bonchev–Trinajstić information content (AvgIpc) is 2.71. The maximum atomic E-state index is 11.0. The van der Waals surface area contributed by atoms with Crippen LogP contribution in [-0.2, 0) is 4.79 Å². The van der Waals surface area contributed by atoms with Gasteiger partial charge in [-0.2, -0.15) is 0 Å². The lowest BCUT2D eigenvalue weighted by Gasteiger charge is -2.06. The molecular formula is C27H55NO. The first kappa shape index (κ1) is 28.5. The van der Waals surface area contributed by atoms with E-state index in [1.54, 1.807) is 0 Å². The second kappa shape index (κ2) is 23.7. The summed E-state index contributed by atoms with van der Waals surface area (Å²) in [6.07, 6.45) is 32.1. The van der Waals surface area contributed by atoms with Crippen molar-refractivity contribution < 1.29 is 4.79 Å². The zero-order valence-electron chi connectivity index (χ0n) is 20.3. The summed E-state index contributed by atoms with van der Waals surface area (Å²) in [4.78, 5) is 11.0. The van der Waals surface area contributed by atoms with E-state index in [0.29, 0.717) is 0 Å². The number of rotatable bonds is 24. The molecule has 0 radical (unpaired) electrons. The second-order valence-corrected chi connectivity index (χ2v) is 9.52. The number of carbonyl (C=O) groups is 1. The molecule has 29 heavy (non-hydrogen) atoms. The minimum atomic E-state index is -0.145. The first-order valence-electron chi connectivity index (χ1n) is 13.5. The summed E-state index contributed by atoms with van der Waals surface area (Å²) in [5.41, 5.74) is 5.29. The summed E-state index contributed by atoms with van der Waals surface area (Å²) in [7, 11) is 0. The minimum absolute atomic E-state index is 0.0557. The molecule has 0 aromatic carbocycles. The second-order valence-electron chi connectivity index (χ2n) is 9.52. The van der Waals surface area contributed by atoms with Gasteiger partial charge in [0.2, 0.25) is 5.91 Å². The minimum Gasteiger partial charge on any atom is -0.369 e. The van der Waals surface area contributed by atoms with Crippen LogP contribution in [0, 0.1) is 5.92 Å². The average molecular weight is 410 g/mol. The van der Waals surface area contributed by atoms with Crippen LogP contribution in [0.2, 0.25) is 0 Å². The SMILES string of the molecule is CCCCCCCCCCCCCCCCCCCCCCCC[C@@H](C)C(N)=O. The van der Waals surface area contributed by atoms with Crippen molar-refractivity contribution in [2.75, 3.05) is 0 Å². The van der Waals surface area contributed by atoms with Crippen LogP contribution in [0.1, 0.15) is 162 Å². The van der Waals surface area contributed by atoms with Crippen LogP contribution in [0.25, 0.3) is 0 Å². The lowest BCUT2D eigenvalue weighted by atomic mass is 10.0.